The Hall–Kier alpha value is -2.09. The molecule has 1 fully saturated rings. The summed E-state index contributed by atoms with van der Waals surface area (Å²) in [7, 11) is 2.15. The number of benzene rings is 1. The second kappa shape index (κ2) is 11.9. The zero-order valence-electron chi connectivity index (χ0n) is 20.3. The zero-order chi connectivity index (χ0) is 24.8. The molecular formula is C25H38F3N3O2. The van der Waals surface area contributed by atoms with E-state index in [2.05, 4.69) is 43.4 Å². The van der Waals surface area contributed by atoms with E-state index >= 15 is 0 Å². The number of nitrogens with zero attached hydrogens (tertiary/aromatic N) is 1. The summed E-state index contributed by atoms with van der Waals surface area (Å²) in [5, 5.41) is 5.64. The van der Waals surface area contributed by atoms with Gasteiger partial charge in [0.1, 0.15) is 6.04 Å². The van der Waals surface area contributed by atoms with Crippen molar-refractivity contribution < 1.29 is 22.8 Å². The van der Waals surface area contributed by atoms with Crippen LogP contribution in [0.15, 0.2) is 24.3 Å². The highest BCUT2D eigenvalue weighted by Gasteiger charge is 2.34. The molecule has 1 aliphatic rings. The fraction of sp³-hybridized carbons (Fsp3) is 0.680. The summed E-state index contributed by atoms with van der Waals surface area (Å²) in [6.45, 7) is 8.08. The van der Waals surface area contributed by atoms with Crippen LogP contribution in [0.3, 0.4) is 0 Å². The van der Waals surface area contributed by atoms with E-state index in [1.165, 1.54) is 12.1 Å². The normalized spacial score (nSPS) is 22.3. The molecule has 8 heteroatoms. The minimum absolute atomic E-state index is 0.0359. The van der Waals surface area contributed by atoms with E-state index in [0.29, 0.717) is 18.0 Å². The Kier molecular flexibility index (Phi) is 9.76. The van der Waals surface area contributed by atoms with Gasteiger partial charge in [-0.2, -0.15) is 13.2 Å². The lowest BCUT2D eigenvalue weighted by molar-refractivity contribution is -0.137. The third-order valence-electron chi connectivity index (χ3n) is 6.79. The maximum Gasteiger partial charge on any atom is 0.416 e. The fourth-order valence-corrected chi connectivity index (χ4v) is 4.50. The highest BCUT2D eigenvalue weighted by molar-refractivity contribution is 5.97. The van der Waals surface area contributed by atoms with Crippen LogP contribution in [0.2, 0.25) is 0 Å². The average Bonchev–Trinajstić information content (AvgIpc) is 2.77. The molecule has 0 aromatic heterocycles. The van der Waals surface area contributed by atoms with Crippen molar-refractivity contribution in [2.45, 2.75) is 96.6 Å². The van der Waals surface area contributed by atoms with E-state index in [-0.39, 0.29) is 17.5 Å². The van der Waals surface area contributed by atoms with Gasteiger partial charge in [0.05, 0.1) is 5.56 Å². The predicted octanol–water partition coefficient (Wildman–Crippen LogP) is 5.01. The molecule has 1 aliphatic carbocycles. The Morgan fingerprint density at radius 1 is 1.18 bits per heavy atom. The third-order valence-corrected chi connectivity index (χ3v) is 6.79. The van der Waals surface area contributed by atoms with Gasteiger partial charge in [-0.25, -0.2) is 0 Å². The lowest BCUT2D eigenvalue weighted by atomic mass is 9.78. The van der Waals surface area contributed by atoms with Crippen molar-refractivity contribution in [2.24, 2.45) is 5.92 Å². The SMILES string of the molecule is CCCCC1CC(N(C)C(C)C)CCC1NC(=O)[C@@H](C)NC(=O)c1cccc(C(F)(F)F)c1. The number of alkyl halides is 3. The van der Waals surface area contributed by atoms with Gasteiger partial charge in [-0.1, -0.05) is 25.8 Å². The van der Waals surface area contributed by atoms with Gasteiger partial charge in [0.2, 0.25) is 5.91 Å². The molecule has 2 amide bonds. The lowest BCUT2D eigenvalue weighted by Crippen LogP contribution is -2.53. The van der Waals surface area contributed by atoms with Gasteiger partial charge in [-0.05, 0) is 77.6 Å². The second-order valence-electron chi connectivity index (χ2n) is 9.52. The van der Waals surface area contributed by atoms with Gasteiger partial charge in [-0.15, -0.1) is 0 Å². The van der Waals surface area contributed by atoms with E-state index in [0.717, 1.165) is 50.7 Å². The number of carbonyl (C=O) groups is 2. The molecule has 3 unspecified atom stereocenters. The number of halogens is 3. The maximum atomic E-state index is 12.9. The van der Waals surface area contributed by atoms with Crippen LogP contribution in [0, 0.1) is 5.92 Å². The van der Waals surface area contributed by atoms with Crippen molar-refractivity contribution in [3.05, 3.63) is 35.4 Å². The number of amides is 2. The number of nitrogens with one attached hydrogen (secondary N) is 2. The van der Waals surface area contributed by atoms with Crippen LogP contribution in [-0.2, 0) is 11.0 Å². The van der Waals surface area contributed by atoms with Crippen molar-refractivity contribution in [3.63, 3.8) is 0 Å². The Labute approximate surface area is 195 Å². The van der Waals surface area contributed by atoms with Gasteiger partial charge < -0.3 is 15.5 Å². The first kappa shape index (κ1) is 27.2. The van der Waals surface area contributed by atoms with Gasteiger partial charge >= 0.3 is 6.18 Å². The van der Waals surface area contributed by atoms with Gasteiger partial charge in [0, 0.05) is 23.7 Å². The molecule has 33 heavy (non-hydrogen) atoms. The molecule has 4 atom stereocenters. The molecule has 0 saturated heterocycles. The molecule has 0 bridgehead atoms. The quantitative estimate of drug-likeness (QED) is 0.535. The largest absolute Gasteiger partial charge is 0.416 e. The van der Waals surface area contributed by atoms with Crippen LogP contribution in [0.5, 0.6) is 0 Å². The van der Waals surface area contributed by atoms with Gasteiger partial charge in [0.25, 0.3) is 5.91 Å². The van der Waals surface area contributed by atoms with Crippen LogP contribution in [-0.4, -0.2) is 47.9 Å². The average molecular weight is 470 g/mol. The van der Waals surface area contributed by atoms with Gasteiger partial charge in [0.15, 0.2) is 0 Å². The molecule has 0 radical (unpaired) electrons. The number of hydrogen-bond donors (Lipinski definition) is 2. The standard InChI is InChI=1S/C25H38F3N3O2/c1-6-7-9-18-15-21(31(5)16(2)3)12-13-22(18)30-23(32)17(4)29-24(33)19-10-8-11-20(14-19)25(26,27)28/h8,10-11,14,16-18,21-22H,6-7,9,12-13,15H2,1-5H3,(H,29,33)(H,30,32)/t17-,18?,21?,22?/m1/s1. The smallest absolute Gasteiger partial charge is 0.351 e. The van der Waals surface area contributed by atoms with Crippen LogP contribution < -0.4 is 10.6 Å². The van der Waals surface area contributed by atoms with E-state index in [1.807, 2.05) is 0 Å². The fourth-order valence-electron chi connectivity index (χ4n) is 4.50. The van der Waals surface area contributed by atoms with Crippen molar-refractivity contribution in [1.82, 2.24) is 15.5 Å². The van der Waals surface area contributed by atoms with Crippen molar-refractivity contribution in [3.8, 4) is 0 Å². The Morgan fingerprint density at radius 2 is 1.88 bits per heavy atom. The summed E-state index contributed by atoms with van der Waals surface area (Å²) in [5.41, 5.74) is -1.02. The minimum atomic E-state index is -4.53. The Balaban J connectivity index is 2.00. The molecular weight excluding hydrogens is 431 g/mol. The zero-order valence-corrected chi connectivity index (χ0v) is 20.3. The highest BCUT2D eigenvalue weighted by Crippen LogP contribution is 2.32. The number of carbonyl (C=O) groups excluding carboxylic acids is 2. The molecule has 5 nitrogen and oxygen atoms in total. The van der Waals surface area contributed by atoms with Crippen LogP contribution in [0.1, 0.15) is 82.1 Å². The minimum Gasteiger partial charge on any atom is -0.351 e. The first-order chi connectivity index (χ1) is 15.4. The van der Waals surface area contributed by atoms with Crippen molar-refractivity contribution in [1.29, 1.82) is 0 Å². The third kappa shape index (κ3) is 7.73. The van der Waals surface area contributed by atoms with Crippen LogP contribution in [0.4, 0.5) is 13.2 Å². The number of unbranched alkanes of at least 4 members (excludes halogenated alkanes) is 1. The summed E-state index contributed by atoms with van der Waals surface area (Å²) >= 11 is 0. The molecule has 2 rings (SSSR count). The summed E-state index contributed by atoms with van der Waals surface area (Å²) < 4.78 is 38.8. The molecule has 1 saturated carbocycles. The van der Waals surface area contributed by atoms with Crippen molar-refractivity contribution in [2.75, 3.05) is 7.05 Å². The first-order valence-electron chi connectivity index (χ1n) is 11.9. The van der Waals surface area contributed by atoms with Crippen LogP contribution in [0.25, 0.3) is 0 Å². The highest BCUT2D eigenvalue weighted by atomic mass is 19.4. The first-order valence-corrected chi connectivity index (χ1v) is 11.9. The summed E-state index contributed by atoms with van der Waals surface area (Å²) in [6.07, 6.45) is 1.57. The number of rotatable bonds is 9. The van der Waals surface area contributed by atoms with E-state index in [4.69, 9.17) is 0 Å². The Morgan fingerprint density at radius 3 is 2.48 bits per heavy atom. The molecule has 0 heterocycles. The predicted molar refractivity (Wildman–Crippen MR) is 124 cm³/mol. The number of hydrogen-bond acceptors (Lipinski definition) is 3. The van der Waals surface area contributed by atoms with Crippen LogP contribution >= 0.6 is 0 Å². The summed E-state index contributed by atoms with van der Waals surface area (Å²) in [4.78, 5) is 27.7. The lowest BCUT2D eigenvalue weighted by Gasteiger charge is -2.42. The van der Waals surface area contributed by atoms with Gasteiger partial charge in [-0.3, -0.25) is 9.59 Å². The monoisotopic (exact) mass is 469 g/mol. The van der Waals surface area contributed by atoms with E-state index < -0.39 is 23.7 Å². The Bertz CT molecular complexity index is 797. The van der Waals surface area contributed by atoms with E-state index in [9.17, 15) is 22.8 Å². The summed E-state index contributed by atoms with van der Waals surface area (Å²) in [5.74, 6) is -0.647. The van der Waals surface area contributed by atoms with Crippen molar-refractivity contribution >= 4 is 11.8 Å². The molecule has 186 valence electrons. The molecule has 2 N–H and O–H groups in total. The topological polar surface area (TPSA) is 61.4 Å². The molecule has 0 aliphatic heterocycles. The van der Waals surface area contributed by atoms with E-state index in [1.54, 1.807) is 6.92 Å². The second-order valence-corrected chi connectivity index (χ2v) is 9.52. The molecule has 0 spiro atoms. The molecule has 1 aromatic rings. The molecule has 1 aromatic carbocycles. The summed E-state index contributed by atoms with van der Waals surface area (Å²) in [6, 6.07) is 4.33. The maximum absolute atomic E-state index is 12.9.